The van der Waals surface area contributed by atoms with Gasteiger partial charge >= 0.3 is 0 Å². The summed E-state index contributed by atoms with van der Waals surface area (Å²) < 4.78 is 0. The minimum absolute atomic E-state index is 0.996. The van der Waals surface area contributed by atoms with E-state index in [1.807, 2.05) is 18.3 Å². The largest absolute Gasteiger partial charge is 0.353 e. The SMILES string of the molecule is C1CNCCN1.Cc1ccc2c(c1)N=Cc1ccccc1N2. The molecule has 2 heterocycles. The minimum atomic E-state index is 0.996. The summed E-state index contributed by atoms with van der Waals surface area (Å²) in [5.74, 6) is 0. The van der Waals surface area contributed by atoms with Crippen molar-refractivity contribution < 1.29 is 0 Å². The molecule has 1 saturated heterocycles. The third-order valence-corrected chi connectivity index (χ3v) is 3.68. The molecule has 2 aliphatic heterocycles. The maximum atomic E-state index is 4.50. The Hall–Kier alpha value is -2.17. The van der Waals surface area contributed by atoms with Crippen molar-refractivity contribution >= 4 is 23.3 Å². The van der Waals surface area contributed by atoms with Gasteiger partial charge in [-0.1, -0.05) is 24.3 Å². The van der Waals surface area contributed by atoms with Crippen molar-refractivity contribution in [2.24, 2.45) is 4.99 Å². The number of hydrogen-bond donors (Lipinski definition) is 3. The van der Waals surface area contributed by atoms with Crippen LogP contribution in [0.15, 0.2) is 47.5 Å². The van der Waals surface area contributed by atoms with Crippen molar-refractivity contribution in [3.8, 4) is 0 Å². The van der Waals surface area contributed by atoms with E-state index in [1.54, 1.807) is 0 Å². The maximum Gasteiger partial charge on any atom is 0.0867 e. The number of nitrogens with one attached hydrogen (secondary N) is 3. The fourth-order valence-corrected chi connectivity index (χ4v) is 2.47. The molecule has 0 saturated carbocycles. The highest BCUT2D eigenvalue weighted by Crippen LogP contribution is 2.32. The topological polar surface area (TPSA) is 48.5 Å². The maximum absolute atomic E-state index is 4.50. The molecule has 0 bridgehead atoms. The zero-order chi connectivity index (χ0) is 15.2. The van der Waals surface area contributed by atoms with Crippen molar-refractivity contribution in [1.29, 1.82) is 0 Å². The molecule has 4 nitrogen and oxygen atoms in total. The van der Waals surface area contributed by atoms with Gasteiger partial charge in [-0.15, -0.1) is 0 Å². The van der Waals surface area contributed by atoms with Gasteiger partial charge in [0.15, 0.2) is 0 Å². The van der Waals surface area contributed by atoms with Crippen LogP contribution in [0, 0.1) is 6.92 Å². The predicted molar refractivity (Wildman–Crippen MR) is 93.9 cm³/mol. The molecule has 4 heteroatoms. The first-order valence-corrected chi connectivity index (χ1v) is 7.75. The molecule has 3 N–H and O–H groups in total. The number of aliphatic imine (C=N–C) groups is 1. The average molecular weight is 294 g/mol. The molecule has 0 unspecified atom stereocenters. The van der Waals surface area contributed by atoms with Crippen LogP contribution in [0.1, 0.15) is 11.1 Å². The van der Waals surface area contributed by atoms with Gasteiger partial charge < -0.3 is 16.0 Å². The molecular formula is C18H22N4. The van der Waals surface area contributed by atoms with Gasteiger partial charge in [-0.05, 0) is 30.7 Å². The van der Waals surface area contributed by atoms with E-state index in [-0.39, 0.29) is 0 Å². The first kappa shape index (κ1) is 14.8. The van der Waals surface area contributed by atoms with E-state index in [4.69, 9.17) is 0 Å². The molecule has 0 amide bonds. The van der Waals surface area contributed by atoms with Crippen molar-refractivity contribution in [3.63, 3.8) is 0 Å². The van der Waals surface area contributed by atoms with Crippen LogP contribution >= 0.6 is 0 Å². The standard InChI is InChI=1S/C14H12N2.C4H10N2/c1-10-6-7-13-14(8-10)15-9-11-4-2-3-5-12(11)16-13;1-2-6-4-3-5-1/h2-9,16H,1H3;5-6H,1-4H2. The van der Waals surface area contributed by atoms with Gasteiger partial charge in [-0.25, -0.2) is 0 Å². The molecular weight excluding hydrogens is 272 g/mol. The van der Waals surface area contributed by atoms with Gasteiger partial charge in [-0.2, -0.15) is 0 Å². The average Bonchev–Trinajstić information content (AvgIpc) is 2.76. The number of piperazine rings is 1. The van der Waals surface area contributed by atoms with Gasteiger partial charge in [0, 0.05) is 43.6 Å². The molecule has 114 valence electrons. The second-order valence-corrected chi connectivity index (χ2v) is 5.49. The molecule has 2 aliphatic rings. The summed E-state index contributed by atoms with van der Waals surface area (Å²) in [7, 11) is 0. The number of nitrogens with zero attached hydrogens (tertiary/aromatic N) is 1. The highest BCUT2D eigenvalue weighted by atomic mass is 15.0. The third-order valence-electron chi connectivity index (χ3n) is 3.68. The first-order valence-electron chi connectivity index (χ1n) is 7.75. The summed E-state index contributed by atoms with van der Waals surface area (Å²) in [4.78, 5) is 4.50. The number of hydrogen-bond acceptors (Lipinski definition) is 4. The summed E-state index contributed by atoms with van der Waals surface area (Å²) in [6.45, 7) is 6.63. The lowest BCUT2D eigenvalue weighted by atomic mass is 10.2. The Kier molecular flexibility index (Phi) is 4.83. The molecule has 0 aliphatic carbocycles. The number of para-hydroxylation sites is 1. The fourth-order valence-electron chi connectivity index (χ4n) is 2.47. The van der Waals surface area contributed by atoms with E-state index in [0.717, 1.165) is 48.8 Å². The van der Waals surface area contributed by atoms with E-state index in [2.05, 4.69) is 58.2 Å². The molecule has 4 rings (SSSR count). The number of fused-ring (bicyclic) bond motifs is 2. The van der Waals surface area contributed by atoms with Gasteiger partial charge in [-0.3, -0.25) is 4.99 Å². The molecule has 0 aromatic heterocycles. The normalized spacial score (nSPS) is 15.5. The van der Waals surface area contributed by atoms with E-state index in [0.29, 0.717) is 0 Å². The quantitative estimate of drug-likeness (QED) is 0.597. The summed E-state index contributed by atoms with van der Waals surface area (Å²) >= 11 is 0. The second-order valence-electron chi connectivity index (χ2n) is 5.49. The fraction of sp³-hybridized carbons (Fsp3) is 0.278. The van der Waals surface area contributed by atoms with Crippen LogP contribution in [0.4, 0.5) is 17.1 Å². The zero-order valence-corrected chi connectivity index (χ0v) is 12.9. The van der Waals surface area contributed by atoms with Gasteiger partial charge in [0.25, 0.3) is 0 Å². The Labute approximate surface area is 131 Å². The predicted octanol–water partition coefficient (Wildman–Crippen LogP) is 2.98. The zero-order valence-electron chi connectivity index (χ0n) is 12.9. The number of rotatable bonds is 0. The van der Waals surface area contributed by atoms with Gasteiger partial charge in [0.05, 0.1) is 11.4 Å². The van der Waals surface area contributed by atoms with Crippen molar-refractivity contribution in [2.45, 2.75) is 6.92 Å². The summed E-state index contributed by atoms with van der Waals surface area (Å²) in [6.07, 6.45) is 1.91. The Balaban J connectivity index is 0.000000202. The third kappa shape index (κ3) is 3.72. The van der Waals surface area contributed by atoms with Crippen LogP contribution in [0.2, 0.25) is 0 Å². The Bertz CT molecular complexity index is 648. The van der Waals surface area contributed by atoms with Crippen molar-refractivity contribution in [3.05, 3.63) is 53.6 Å². The Morgan fingerprint density at radius 2 is 1.59 bits per heavy atom. The highest BCUT2D eigenvalue weighted by Gasteiger charge is 2.08. The lowest BCUT2D eigenvalue weighted by Gasteiger charge is -2.11. The molecule has 2 aromatic rings. The Morgan fingerprint density at radius 3 is 2.32 bits per heavy atom. The number of benzene rings is 2. The minimum Gasteiger partial charge on any atom is -0.353 e. The first-order chi connectivity index (χ1) is 10.8. The van der Waals surface area contributed by atoms with Crippen LogP contribution in [0.25, 0.3) is 0 Å². The van der Waals surface area contributed by atoms with Crippen LogP contribution in [-0.2, 0) is 0 Å². The van der Waals surface area contributed by atoms with Crippen LogP contribution in [-0.4, -0.2) is 32.4 Å². The highest BCUT2D eigenvalue weighted by molar-refractivity contribution is 5.95. The molecule has 0 radical (unpaired) electrons. The van der Waals surface area contributed by atoms with E-state index in [1.165, 1.54) is 5.56 Å². The summed E-state index contributed by atoms with van der Waals surface area (Å²) in [5.41, 5.74) is 5.51. The number of aryl methyl sites for hydroxylation is 1. The summed E-state index contributed by atoms with van der Waals surface area (Å²) in [5, 5.41) is 9.85. The van der Waals surface area contributed by atoms with Crippen molar-refractivity contribution in [1.82, 2.24) is 10.6 Å². The summed E-state index contributed by atoms with van der Waals surface area (Å²) in [6, 6.07) is 14.4. The van der Waals surface area contributed by atoms with E-state index >= 15 is 0 Å². The Morgan fingerprint density at radius 1 is 0.864 bits per heavy atom. The monoisotopic (exact) mass is 294 g/mol. The van der Waals surface area contributed by atoms with Crippen molar-refractivity contribution in [2.75, 3.05) is 31.5 Å². The van der Waals surface area contributed by atoms with E-state index < -0.39 is 0 Å². The molecule has 0 atom stereocenters. The van der Waals surface area contributed by atoms with Crippen LogP contribution in [0.5, 0.6) is 0 Å². The number of anilines is 2. The molecule has 0 spiro atoms. The smallest absolute Gasteiger partial charge is 0.0867 e. The lowest BCUT2D eigenvalue weighted by molar-refractivity contribution is 0.534. The van der Waals surface area contributed by atoms with Crippen LogP contribution in [0.3, 0.4) is 0 Å². The van der Waals surface area contributed by atoms with Gasteiger partial charge in [0.2, 0.25) is 0 Å². The van der Waals surface area contributed by atoms with Gasteiger partial charge in [0.1, 0.15) is 0 Å². The molecule has 2 aromatic carbocycles. The lowest BCUT2D eigenvalue weighted by Crippen LogP contribution is -2.39. The van der Waals surface area contributed by atoms with E-state index in [9.17, 15) is 0 Å². The molecule has 22 heavy (non-hydrogen) atoms. The van der Waals surface area contributed by atoms with Crippen LogP contribution < -0.4 is 16.0 Å². The molecule has 1 fully saturated rings. The second kappa shape index (κ2) is 7.20.